The second-order valence-corrected chi connectivity index (χ2v) is 6.02. The Morgan fingerprint density at radius 3 is 2.84 bits per heavy atom. The largest absolute Gasteiger partial charge is 0.491 e. The molecule has 1 aliphatic rings. The summed E-state index contributed by atoms with van der Waals surface area (Å²) in [4.78, 5) is 16.7. The van der Waals surface area contributed by atoms with Gasteiger partial charge in [0, 0.05) is 25.1 Å². The molecule has 3 aromatic rings. The van der Waals surface area contributed by atoms with E-state index in [0.717, 1.165) is 16.8 Å². The van der Waals surface area contributed by atoms with Gasteiger partial charge in [-0.05, 0) is 19.1 Å². The first kappa shape index (κ1) is 15.4. The maximum atomic E-state index is 12.5. The number of rotatable bonds is 3. The van der Waals surface area contributed by atoms with Gasteiger partial charge in [0.25, 0.3) is 5.91 Å². The molecule has 25 heavy (non-hydrogen) atoms. The van der Waals surface area contributed by atoms with Crippen LogP contribution in [0.4, 0.5) is 0 Å². The van der Waals surface area contributed by atoms with Gasteiger partial charge in [-0.25, -0.2) is 0 Å². The molecule has 3 heterocycles. The Hall–Kier alpha value is -3.16. The quantitative estimate of drug-likeness (QED) is 0.784. The fourth-order valence-electron chi connectivity index (χ4n) is 2.94. The molecular weight excluding hydrogens is 322 g/mol. The average Bonchev–Trinajstić information content (AvgIpc) is 3.26. The minimum absolute atomic E-state index is 0.178. The van der Waals surface area contributed by atoms with E-state index in [-0.39, 0.29) is 11.9 Å². The minimum atomic E-state index is -0.209. The zero-order valence-electron chi connectivity index (χ0n) is 14.1. The van der Waals surface area contributed by atoms with Crippen molar-refractivity contribution in [1.29, 1.82) is 0 Å². The number of carbonyl (C=O) groups excluding carboxylic acids is 1. The van der Waals surface area contributed by atoms with Crippen molar-refractivity contribution < 1.29 is 14.1 Å². The summed E-state index contributed by atoms with van der Waals surface area (Å²) in [5.41, 5.74) is 3.06. The highest BCUT2D eigenvalue weighted by atomic mass is 16.5. The molecule has 1 amide bonds. The molecule has 0 radical (unpaired) electrons. The highest BCUT2D eigenvalue weighted by Gasteiger charge is 2.27. The second kappa shape index (κ2) is 5.73. The van der Waals surface area contributed by atoms with Crippen molar-refractivity contribution >= 4 is 5.91 Å². The first-order valence-corrected chi connectivity index (χ1v) is 7.90. The van der Waals surface area contributed by atoms with E-state index in [1.54, 1.807) is 24.7 Å². The van der Waals surface area contributed by atoms with Gasteiger partial charge < -0.3 is 14.6 Å². The molecular formula is C17H17N5O3. The zero-order chi connectivity index (χ0) is 17.6. The Morgan fingerprint density at radius 1 is 1.32 bits per heavy atom. The van der Waals surface area contributed by atoms with Crippen LogP contribution in [-0.2, 0) is 7.05 Å². The van der Waals surface area contributed by atoms with Crippen LogP contribution < -0.4 is 10.1 Å². The van der Waals surface area contributed by atoms with E-state index in [2.05, 4.69) is 20.6 Å². The summed E-state index contributed by atoms with van der Waals surface area (Å²) in [5, 5.41) is 11.1. The molecule has 1 aromatic carbocycles. The molecule has 0 aliphatic carbocycles. The molecule has 0 unspecified atom stereocenters. The molecule has 0 spiro atoms. The molecule has 0 fully saturated rings. The van der Waals surface area contributed by atoms with E-state index in [1.165, 1.54) is 0 Å². The van der Waals surface area contributed by atoms with Crippen molar-refractivity contribution in [3.05, 3.63) is 47.1 Å². The summed E-state index contributed by atoms with van der Waals surface area (Å²) >= 11 is 0. The van der Waals surface area contributed by atoms with E-state index in [1.807, 2.05) is 25.1 Å². The molecule has 1 atom stereocenters. The summed E-state index contributed by atoms with van der Waals surface area (Å²) in [7, 11) is 1.75. The molecule has 2 aromatic heterocycles. The summed E-state index contributed by atoms with van der Waals surface area (Å²) in [6.45, 7) is 3.98. The second-order valence-electron chi connectivity index (χ2n) is 6.02. The molecule has 4 rings (SSSR count). The van der Waals surface area contributed by atoms with Crippen molar-refractivity contribution in [1.82, 2.24) is 25.2 Å². The Labute approximate surface area is 143 Å². The Morgan fingerprint density at radius 2 is 2.16 bits per heavy atom. The van der Waals surface area contributed by atoms with Crippen molar-refractivity contribution in [2.75, 3.05) is 6.61 Å². The predicted molar refractivity (Wildman–Crippen MR) is 88.1 cm³/mol. The van der Waals surface area contributed by atoms with Gasteiger partial charge in [0.15, 0.2) is 0 Å². The molecule has 1 N–H and O–H groups in total. The van der Waals surface area contributed by atoms with Gasteiger partial charge >= 0.3 is 0 Å². The molecule has 0 bridgehead atoms. The van der Waals surface area contributed by atoms with Crippen LogP contribution in [0.5, 0.6) is 5.75 Å². The third kappa shape index (κ3) is 2.75. The van der Waals surface area contributed by atoms with Crippen molar-refractivity contribution in [2.24, 2.45) is 7.05 Å². The Bertz CT molecular complexity index is 959. The monoisotopic (exact) mass is 339 g/mol. The standard InChI is InChI=1S/C17H17N5O3/c1-9-6-14(22(3)20-9)17(23)19-13-8-24-15-7-11(4-5-12(13)15)16-18-10(2)25-21-16/h4-7,13H,8H2,1-3H3,(H,19,23)/t13-/m1/s1. The summed E-state index contributed by atoms with van der Waals surface area (Å²) in [6.07, 6.45) is 0. The third-order valence-corrected chi connectivity index (χ3v) is 4.12. The SMILES string of the molecule is Cc1cc(C(=O)N[C@@H]2COc3cc(-c4noc(C)n4)ccc32)n(C)n1. The lowest BCUT2D eigenvalue weighted by Crippen LogP contribution is -2.30. The first-order valence-electron chi connectivity index (χ1n) is 7.90. The lowest BCUT2D eigenvalue weighted by molar-refractivity contribution is 0.0920. The van der Waals surface area contributed by atoms with Crippen LogP contribution in [0, 0.1) is 13.8 Å². The Kier molecular flexibility index (Phi) is 3.52. The number of amides is 1. The normalized spacial score (nSPS) is 15.7. The Balaban J connectivity index is 1.56. The van der Waals surface area contributed by atoms with Crippen LogP contribution in [0.2, 0.25) is 0 Å². The average molecular weight is 339 g/mol. The van der Waals surface area contributed by atoms with Gasteiger partial charge in [-0.2, -0.15) is 10.1 Å². The molecule has 0 saturated heterocycles. The van der Waals surface area contributed by atoms with Crippen molar-refractivity contribution in [2.45, 2.75) is 19.9 Å². The predicted octanol–water partition coefficient (Wildman–Crippen LogP) is 1.95. The van der Waals surface area contributed by atoms with Crippen molar-refractivity contribution in [3.8, 4) is 17.1 Å². The number of benzene rings is 1. The maximum Gasteiger partial charge on any atom is 0.270 e. The van der Waals surface area contributed by atoms with Crippen LogP contribution in [-0.4, -0.2) is 32.4 Å². The number of fused-ring (bicyclic) bond motifs is 1. The number of carbonyl (C=O) groups is 1. The van der Waals surface area contributed by atoms with Crippen molar-refractivity contribution in [3.63, 3.8) is 0 Å². The van der Waals surface area contributed by atoms with E-state index in [4.69, 9.17) is 9.26 Å². The third-order valence-electron chi connectivity index (χ3n) is 4.12. The van der Waals surface area contributed by atoms with Crippen LogP contribution >= 0.6 is 0 Å². The van der Waals surface area contributed by atoms with Gasteiger partial charge in [-0.3, -0.25) is 9.48 Å². The molecule has 1 aliphatic heterocycles. The number of aromatic nitrogens is 4. The molecule has 8 heteroatoms. The van der Waals surface area contributed by atoms with E-state index in [9.17, 15) is 4.79 Å². The fraction of sp³-hybridized carbons (Fsp3) is 0.294. The number of nitrogens with one attached hydrogen (secondary N) is 1. The van der Waals surface area contributed by atoms with Gasteiger partial charge in [0.2, 0.25) is 11.7 Å². The van der Waals surface area contributed by atoms with Gasteiger partial charge in [-0.1, -0.05) is 17.3 Å². The van der Waals surface area contributed by atoms with Crippen LogP contribution in [0.25, 0.3) is 11.4 Å². The lowest BCUT2D eigenvalue weighted by atomic mass is 10.1. The summed E-state index contributed by atoms with van der Waals surface area (Å²) in [6, 6.07) is 7.22. The highest BCUT2D eigenvalue weighted by Crippen LogP contribution is 2.35. The smallest absolute Gasteiger partial charge is 0.270 e. The van der Waals surface area contributed by atoms with E-state index >= 15 is 0 Å². The lowest BCUT2D eigenvalue weighted by Gasteiger charge is -2.11. The highest BCUT2D eigenvalue weighted by molar-refractivity contribution is 5.93. The van der Waals surface area contributed by atoms with Crippen LogP contribution in [0.1, 0.15) is 33.7 Å². The number of aryl methyl sites for hydroxylation is 3. The van der Waals surface area contributed by atoms with Gasteiger partial charge in [0.05, 0.1) is 11.7 Å². The topological polar surface area (TPSA) is 95.1 Å². The van der Waals surface area contributed by atoms with Crippen LogP contribution in [0.3, 0.4) is 0 Å². The van der Waals surface area contributed by atoms with Crippen LogP contribution in [0.15, 0.2) is 28.8 Å². The number of ether oxygens (including phenoxy) is 1. The zero-order valence-corrected chi connectivity index (χ0v) is 14.1. The van der Waals surface area contributed by atoms with E-state index in [0.29, 0.717) is 29.8 Å². The molecule has 128 valence electrons. The summed E-state index contributed by atoms with van der Waals surface area (Å²) in [5.74, 6) is 1.56. The van der Waals surface area contributed by atoms with Gasteiger partial charge in [-0.15, -0.1) is 0 Å². The molecule has 0 saturated carbocycles. The fourth-order valence-corrected chi connectivity index (χ4v) is 2.94. The number of hydrogen-bond donors (Lipinski definition) is 1. The summed E-state index contributed by atoms with van der Waals surface area (Å²) < 4.78 is 12.3. The number of hydrogen-bond acceptors (Lipinski definition) is 6. The minimum Gasteiger partial charge on any atom is -0.491 e. The van der Waals surface area contributed by atoms with Gasteiger partial charge in [0.1, 0.15) is 18.1 Å². The van der Waals surface area contributed by atoms with E-state index < -0.39 is 0 Å². The molecule has 8 nitrogen and oxygen atoms in total. The first-order chi connectivity index (χ1) is 12.0. The maximum absolute atomic E-state index is 12.5. The number of nitrogens with zero attached hydrogens (tertiary/aromatic N) is 4.